The predicted octanol–water partition coefficient (Wildman–Crippen LogP) is 3.57. The van der Waals surface area contributed by atoms with Crippen LogP contribution in [0.2, 0.25) is 0 Å². The standard InChI is InChI=1S/C19H18N2O4S/c1-11-7-12(3-4-14(11)23-2)8-18(22)21-19-20-13-9-15-16(10-17(13)26-19)25-6-5-24-15/h3-4,7,9-10H,5-6,8H2,1-2H3,(H,20,21,22). The summed E-state index contributed by atoms with van der Waals surface area (Å²) in [6, 6.07) is 9.49. The summed E-state index contributed by atoms with van der Waals surface area (Å²) in [5.41, 5.74) is 2.72. The number of carbonyl (C=O) groups excluding carboxylic acids is 1. The van der Waals surface area contributed by atoms with E-state index in [1.807, 2.05) is 37.3 Å². The van der Waals surface area contributed by atoms with Gasteiger partial charge in [0.05, 0.1) is 23.7 Å². The lowest BCUT2D eigenvalue weighted by molar-refractivity contribution is -0.115. The molecule has 3 aromatic rings. The van der Waals surface area contributed by atoms with E-state index in [1.54, 1.807) is 7.11 Å². The first-order chi connectivity index (χ1) is 12.6. The van der Waals surface area contributed by atoms with Crippen LogP contribution < -0.4 is 19.5 Å². The smallest absolute Gasteiger partial charge is 0.230 e. The van der Waals surface area contributed by atoms with Crippen molar-refractivity contribution in [3.63, 3.8) is 0 Å². The van der Waals surface area contributed by atoms with Crippen LogP contribution >= 0.6 is 11.3 Å². The molecule has 1 amide bonds. The predicted molar refractivity (Wildman–Crippen MR) is 101 cm³/mol. The lowest BCUT2D eigenvalue weighted by Gasteiger charge is -2.17. The van der Waals surface area contributed by atoms with Gasteiger partial charge in [-0.2, -0.15) is 0 Å². The highest BCUT2D eigenvalue weighted by Crippen LogP contribution is 2.37. The van der Waals surface area contributed by atoms with Crippen LogP contribution in [-0.2, 0) is 11.2 Å². The molecule has 0 saturated carbocycles. The number of nitrogens with zero attached hydrogens (tertiary/aromatic N) is 1. The highest BCUT2D eigenvalue weighted by Gasteiger charge is 2.16. The Morgan fingerprint density at radius 3 is 2.73 bits per heavy atom. The fourth-order valence-electron chi connectivity index (χ4n) is 2.92. The summed E-state index contributed by atoms with van der Waals surface area (Å²) in [4.78, 5) is 16.8. The van der Waals surface area contributed by atoms with Gasteiger partial charge >= 0.3 is 0 Å². The van der Waals surface area contributed by atoms with Crippen LogP contribution in [0.1, 0.15) is 11.1 Å². The molecule has 1 N–H and O–H groups in total. The van der Waals surface area contributed by atoms with Crippen LogP contribution in [0.4, 0.5) is 5.13 Å². The molecule has 6 nitrogen and oxygen atoms in total. The second kappa shape index (κ2) is 6.84. The van der Waals surface area contributed by atoms with E-state index in [1.165, 1.54) is 11.3 Å². The van der Waals surface area contributed by atoms with Gasteiger partial charge in [-0.1, -0.05) is 23.5 Å². The van der Waals surface area contributed by atoms with Crippen molar-refractivity contribution >= 4 is 32.6 Å². The number of ether oxygens (including phenoxy) is 3. The summed E-state index contributed by atoms with van der Waals surface area (Å²) in [6.45, 7) is 3.04. The average molecular weight is 370 g/mol. The van der Waals surface area contributed by atoms with Crippen LogP contribution in [0.3, 0.4) is 0 Å². The number of aromatic nitrogens is 1. The molecule has 134 valence electrons. The van der Waals surface area contributed by atoms with E-state index < -0.39 is 0 Å². The van der Waals surface area contributed by atoms with Gasteiger partial charge in [0.25, 0.3) is 0 Å². The van der Waals surface area contributed by atoms with Crippen molar-refractivity contribution in [2.24, 2.45) is 0 Å². The molecule has 0 saturated heterocycles. The van der Waals surface area contributed by atoms with E-state index in [4.69, 9.17) is 14.2 Å². The van der Waals surface area contributed by atoms with Crippen molar-refractivity contribution in [1.82, 2.24) is 4.98 Å². The molecule has 0 radical (unpaired) electrons. The fourth-order valence-corrected chi connectivity index (χ4v) is 3.81. The number of nitrogens with one attached hydrogen (secondary N) is 1. The molecule has 1 aliphatic heterocycles. The zero-order chi connectivity index (χ0) is 18.1. The number of methoxy groups -OCH3 is 1. The molecule has 4 rings (SSSR count). The third kappa shape index (κ3) is 3.30. The monoisotopic (exact) mass is 370 g/mol. The Hall–Kier alpha value is -2.80. The van der Waals surface area contributed by atoms with Crippen molar-refractivity contribution in [2.45, 2.75) is 13.3 Å². The molecule has 26 heavy (non-hydrogen) atoms. The van der Waals surface area contributed by atoms with Gasteiger partial charge in [-0.25, -0.2) is 4.98 Å². The number of aryl methyl sites for hydroxylation is 1. The number of fused-ring (bicyclic) bond motifs is 2. The average Bonchev–Trinajstić information content (AvgIpc) is 3.00. The third-order valence-corrected chi connectivity index (χ3v) is 5.06. The Bertz CT molecular complexity index is 940. The Kier molecular flexibility index (Phi) is 4.38. The van der Waals surface area contributed by atoms with Gasteiger partial charge in [0.15, 0.2) is 16.6 Å². The van der Waals surface area contributed by atoms with Gasteiger partial charge in [-0.3, -0.25) is 4.79 Å². The molecule has 1 aromatic heterocycles. The Labute approximate surface area is 154 Å². The number of carbonyl (C=O) groups is 1. The number of thiazole rings is 1. The number of hydrogen-bond acceptors (Lipinski definition) is 6. The van der Waals surface area contributed by atoms with Gasteiger partial charge in [0.1, 0.15) is 19.0 Å². The minimum Gasteiger partial charge on any atom is -0.496 e. The fraction of sp³-hybridized carbons (Fsp3) is 0.263. The normalized spacial score (nSPS) is 12.8. The van der Waals surface area contributed by atoms with E-state index in [2.05, 4.69) is 10.3 Å². The Morgan fingerprint density at radius 1 is 1.23 bits per heavy atom. The third-order valence-electron chi connectivity index (χ3n) is 4.12. The molecule has 0 bridgehead atoms. The van der Waals surface area contributed by atoms with E-state index in [0.29, 0.717) is 24.1 Å². The van der Waals surface area contributed by atoms with Crippen LogP contribution in [0.15, 0.2) is 30.3 Å². The number of benzene rings is 2. The summed E-state index contributed by atoms with van der Waals surface area (Å²) in [5.74, 6) is 2.12. The topological polar surface area (TPSA) is 69.7 Å². The second-order valence-corrected chi connectivity index (χ2v) is 7.04. The Morgan fingerprint density at radius 2 is 2.00 bits per heavy atom. The van der Waals surface area contributed by atoms with Crippen LogP contribution in [0.25, 0.3) is 10.2 Å². The highest BCUT2D eigenvalue weighted by molar-refractivity contribution is 7.22. The number of amides is 1. The van der Waals surface area contributed by atoms with E-state index in [-0.39, 0.29) is 12.3 Å². The molecule has 0 fully saturated rings. The molecule has 0 atom stereocenters. The minimum absolute atomic E-state index is 0.106. The summed E-state index contributed by atoms with van der Waals surface area (Å²) < 4.78 is 17.4. The highest BCUT2D eigenvalue weighted by atomic mass is 32.1. The maximum absolute atomic E-state index is 12.4. The van der Waals surface area contributed by atoms with Crippen molar-refractivity contribution in [3.8, 4) is 17.2 Å². The second-order valence-electron chi connectivity index (χ2n) is 6.01. The molecule has 2 aromatic carbocycles. The molecular formula is C19H18N2O4S. The van der Waals surface area contributed by atoms with Crippen molar-refractivity contribution in [2.75, 3.05) is 25.6 Å². The number of rotatable bonds is 4. The lowest BCUT2D eigenvalue weighted by atomic mass is 10.1. The van der Waals surface area contributed by atoms with Gasteiger partial charge in [-0.15, -0.1) is 0 Å². The van der Waals surface area contributed by atoms with Crippen molar-refractivity contribution < 1.29 is 19.0 Å². The number of hydrogen-bond donors (Lipinski definition) is 1. The van der Waals surface area contributed by atoms with Crippen LogP contribution in [0, 0.1) is 6.92 Å². The lowest BCUT2D eigenvalue weighted by Crippen LogP contribution is -2.15. The molecule has 0 aliphatic carbocycles. The van der Waals surface area contributed by atoms with E-state index >= 15 is 0 Å². The zero-order valence-electron chi connectivity index (χ0n) is 14.5. The summed E-state index contributed by atoms with van der Waals surface area (Å²) in [7, 11) is 1.63. The SMILES string of the molecule is COc1ccc(CC(=O)Nc2nc3cc4c(cc3s2)OCCO4)cc1C. The minimum atomic E-state index is -0.106. The van der Waals surface area contributed by atoms with Gasteiger partial charge in [0, 0.05) is 12.1 Å². The maximum Gasteiger partial charge on any atom is 0.230 e. The molecular weight excluding hydrogens is 352 g/mol. The molecule has 7 heteroatoms. The largest absolute Gasteiger partial charge is 0.496 e. The summed E-state index contributed by atoms with van der Waals surface area (Å²) in [5, 5.41) is 3.44. The van der Waals surface area contributed by atoms with Crippen LogP contribution in [-0.4, -0.2) is 31.2 Å². The molecule has 0 unspecified atom stereocenters. The van der Waals surface area contributed by atoms with E-state index in [9.17, 15) is 4.79 Å². The van der Waals surface area contributed by atoms with Crippen molar-refractivity contribution in [3.05, 3.63) is 41.5 Å². The quantitative estimate of drug-likeness (QED) is 0.760. The van der Waals surface area contributed by atoms with Gasteiger partial charge < -0.3 is 19.5 Å². The summed E-state index contributed by atoms with van der Waals surface area (Å²) >= 11 is 1.42. The first kappa shape index (κ1) is 16.7. The zero-order valence-corrected chi connectivity index (χ0v) is 15.3. The van der Waals surface area contributed by atoms with Crippen molar-refractivity contribution in [1.29, 1.82) is 0 Å². The molecule has 0 spiro atoms. The number of anilines is 1. The van der Waals surface area contributed by atoms with E-state index in [0.717, 1.165) is 32.8 Å². The van der Waals surface area contributed by atoms with Crippen LogP contribution in [0.5, 0.6) is 17.2 Å². The van der Waals surface area contributed by atoms with Gasteiger partial charge in [-0.05, 0) is 24.1 Å². The summed E-state index contributed by atoms with van der Waals surface area (Å²) in [6.07, 6.45) is 0.281. The molecule has 1 aliphatic rings. The van der Waals surface area contributed by atoms with Gasteiger partial charge in [0.2, 0.25) is 5.91 Å². The molecule has 2 heterocycles. The first-order valence-electron chi connectivity index (χ1n) is 8.26. The maximum atomic E-state index is 12.4. The first-order valence-corrected chi connectivity index (χ1v) is 9.07. The Balaban J connectivity index is 1.49.